The highest BCUT2D eigenvalue weighted by Crippen LogP contribution is 2.36. The molecule has 2 N–H and O–H groups in total. The molecule has 4 heterocycles. The Morgan fingerprint density at radius 1 is 1.11 bits per heavy atom. The summed E-state index contributed by atoms with van der Waals surface area (Å²) in [7, 11) is 0. The summed E-state index contributed by atoms with van der Waals surface area (Å²) in [6.45, 7) is 2.05. The number of nitrogens with zero attached hydrogens (tertiary/aromatic N) is 5. The number of benzene rings is 1. The van der Waals surface area contributed by atoms with Crippen LogP contribution < -0.4 is 10.2 Å². The molecule has 188 valence electrons. The number of carboxylic acids is 1. The van der Waals surface area contributed by atoms with Gasteiger partial charge in [-0.3, -0.25) is 4.40 Å². The summed E-state index contributed by atoms with van der Waals surface area (Å²) in [5.41, 5.74) is 1.68. The Kier molecular flexibility index (Phi) is 6.30. The number of rotatable bonds is 5. The fraction of sp³-hybridized carbons (Fsp3) is 0.304. The van der Waals surface area contributed by atoms with Crippen molar-refractivity contribution in [3.8, 4) is 0 Å². The monoisotopic (exact) mass is 554 g/mol. The zero-order valence-corrected chi connectivity index (χ0v) is 21.0. The van der Waals surface area contributed by atoms with E-state index in [1.165, 1.54) is 12.1 Å². The van der Waals surface area contributed by atoms with E-state index in [4.69, 9.17) is 39.8 Å². The maximum atomic E-state index is 13.8. The van der Waals surface area contributed by atoms with E-state index >= 15 is 0 Å². The van der Waals surface area contributed by atoms with Gasteiger partial charge in [0, 0.05) is 41.9 Å². The minimum atomic E-state index is -2.72. The number of nitrogens with one attached hydrogen (secondary N) is 1. The number of alkyl halides is 2. The summed E-state index contributed by atoms with van der Waals surface area (Å²) >= 11 is 18.6. The van der Waals surface area contributed by atoms with Crippen molar-refractivity contribution in [3.63, 3.8) is 0 Å². The van der Waals surface area contributed by atoms with Gasteiger partial charge in [0.15, 0.2) is 11.3 Å². The van der Waals surface area contributed by atoms with E-state index in [1.54, 1.807) is 27.6 Å². The number of fused-ring (bicyclic) bond motifs is 3. The second-order valence-electron chi connectivity index (χ2n) is 8.60. The van der Waals surface area contributed by atoms with Gasteiger partial charge >= 0.3 is 5.97 Å². The Balaban J connectivity index is 1.64. The van der Waals surface area contributed by atoms with Gasteiger partial charge < -0.3 is 15.3 Å². The van der Waals surface area contributed by atoms with Crippen LogP contribution in [0.4, 0.5) is 20.4 Å². The van der Waals surface area contributed by atoms with Gasteiger partial charge in [-0.15, -0.1) is 0 Å². The van der Waals surface area contributed by atoms with Gasteiger partial charge in [-0.05, 0) is 31.2 Å². The lowest BCUT2D eigenvalue weighted by Gasteiger charge is -2.33. The van der Waals surface area contributed by atoms with Gasteiger partial charge in [-0.2, -0.15) is 0 Å². The van der Waals surface area contributed by atoms with E-state index in [9.17, 15) is 18.7 Å². The Hall–Kier alpha value is -2.95. The first-order valence-electron chi connectivity index (χ1n) is 11.0. The largest absolute Gasteiger partial charge is 0.476 e. The highest BCUT2D eigenvalue weighted by molar-refractivity contribution is 6.32. The van der Waals surface area contributed by atoms with Crippen LogP contribution in [-0.4, -0.2) is 49.4 Å². The van der Waals surface area contributed by atoms with Crippen LogP contribution >= 0.6 is 34.8 Å². The molecule has 5 rings (SSSR count). The molecular weight excluding hydrogens is 537 g/mol. The van der Waals surface area contributed by atoms with Crippen molar-refractivity contribution in [2.24, 2.45) is 0 Å². The molecule has 0 saturated carbocycles. The molecule has 0 radical (unpaired) electrons. The number of anilines is 2. The Bertz CT molecular complexity index is 1500. The molecule has 13 heteroatoms. The van der Waals surface area contributed by atoms with Crippen LogP contribution in [0.15, 0.2) is 30.5 Å². The van der Waals surface area contributed by atoms with Crippen LogP contribution in [-0.2, 0) is 0 Å². The number of hydrogen-bond donors (Lipinski definition) is 2. The molecule has 1 saturated heterocycles. The standard InChI is InChI=1S/C23H19Cl3F2N6O2/c1-11(29-15-2-3-16(25)30-19(15)21(35)36)13-8-12(24)9-14-18(13)32-22(34-10-17(26)31-20(14)34)33-6-4-23(27,28)5-7-33/h2-3,8-11,29H,4-7H2,1H3,(H,35,36)/t11-/m1/s1. The van der Waals surface area contributed by atoms with Crippen LogP contribution in [0.2, 0.25) is 15.3 Å². The van der Waals surface area contributed by atoms with E-state index in [2.05, 4.69) is 15.3 Å². The van der Waals surface area contributed by atoms with Crippen molar-refractivity contribution >= 4 is 69.0 Å². The van der Waals surface area contributed by atoms with Crippen LogP contribution in [0.3, 0.4) is 0 Å². The third-order valence-electron chi connectivity index (χ3n) is 6.13. The molecule has 1 aliphatic rings. The molecule has 3 aromatic heterocycles. The van der Waals surface area contributed by atoms with E-state index in [1.807, 2.05) is 6.92 Å². The Morgan fingerprint density at radius 2 is 1.83 bits per heavy atom. The molecule has 0 aliphatic carbocycles. The summed E-state index contributed by atoms with van der Waals surface area (Å²) in [6, 6.07) is 5.96. The van der Waals surface area contributed by atoms with E-state index in [0.717, 1.165) is 0 Å². The summed E-state index contributed by atoms with van der Waals surface area (Å²) in [5, 5.41) is 14.0. The number of carboxylic acid groups (broad SMARTS) is 1. The normalized spacial score (nSPS) is 16.4. The van der Waals surface area contributed by atoms with Crippen molar-refractivity contribution in [3.05, 3.63) is 57.0 Å². The number of aromatic nitrogens is 4. The number of imidazole rings is 1. The van der Waals surface area contributed by atoms with Gasteiger partial charge in [-0.1, -0.05) is 34.8 Å². The smallest absolute Gasteiger partial charge is 0.356 e. The minimum Gasteiger partial charge on any atom is -0.476 e. The average molecular weight is 556 g/mol. The molecule has 4 aromatic rings. The van der Waals surface area contributed by atoms with Gasteiger partial charge in [0.05, 0.1) is 23.4 Å². The van der Waals surface area contributed by atoms with Crippen molar-refractivity contribution in [2.75, 3.05) is 23.3 Å². The summed E-state index contributed by atoms with van der Waals surface area (Å²) in [4.78, 5) is 26.7. The Labute approximate surface area is 218 Å². The van der Waals surface area contributed by atoms with E-state index < -0.39 is 17.9 Å². The molecule has 0 bridgehead atoms. The predicted molar refractivity (Wildman–Crippen MR) is 135 cm³/mol. The third-order valence-corrected chi connectivity index (χ3v) is 6.74. The molecule has 1 aromatic carbocycles. The quantitative estimate of drug-likeness (QED) is 0.277. The zero-order valence-electron chi connectivity index (χ0n) is 18.8. The number of piperidine rings is 1. The average Bonchev–Trinajstić information content (AvgIpc) is 3.21. The first-order chi connectivity index (χ1) is 17.0. The lowest BCUT2D eigenvalue weighted by Crippen LogP contribution is -2.40. The molecule has 36 heavy (non-hydrogen) atoms. The number of aromatic carboxylic acids is 1. The number of carbonyl (C=O) groups is 1. The van der Waals surface area contributed by atoms with Gasteiger partial charge in [-0.25, -0.2) is 28.5 Å². The molecule has 1 fully saturated rings. The maximum absolute atomic E-state index is 13.8. The van der Waals surface area contributed by atoms with Crippen molar-refractivity contribution in [1.29, 1.82) is 0 Å². The van der Waals surface area contributed by atoms with Gasteiger partial charge in [0.25, 0.3) is 5.92 Å². The van der Waals surface area contributed by atoms with Gasteiger partial charge in [0.1, 0.15) is 10.3 Å². The minimum absolute atomic E-state index is 0.0517. The molecule has 8 nitrogen and oxygen atoms in total. The second-order valence-corrected chi connectivity index (χ2v) is 9.82. The van der Waals surface area contributed by atoms with E-state index in [0.29, 0.717) is 33.1 Å². The molecule has 1 aliphatic heterocycles. The molecule has 0 spiro atoms. The lowest BCUT2D eigenvalue weighted by molar-refractivity contribution is -0.0222. The van der Waals surface area contributed by atoms with Crippen LogP contribution in [0.1, 0.15) is 41.9 Å². The zero-order chi connectivity index (χ0) is 25.8. The number of hydrogen-bond acceptors (Lipinski definition) is 6. The lowest BCUT2D eigenvalue weighted by atomic mass is 10.0. The topological polar surface area (TPSA) is 95.6 Å². The molecule has 0 amide bonds. The maximum Gasteiger partial charge on any atom is 0.356 e. The first kappa shape index (κ1) is 24.7. The van der Waals surface area contributed by atoms with Crippen molar-refractivity contribution < 1.29 is 18.7 Å². The summed E-state index contributed by atoms with van der Waals surface area (Å²) < 4.78 is 29.3. The molecular formula is C23H19Cl3F2N6O2. The predicted octanol–water partition coefficient (Wildman–Crippen LogP) is 6.34. The summed E-state index contributed by atoms with van der Waals surface area (Å²) in [5.74, 6) is -3.52. The SMILES string of the molecule is C[C@@H](Nc1ccc(Cl)nc1C(=O)O)c1cc(Cl)cc2c1nc(N1CCC(F)(F)CC1)n1cc(Cl)nc21. The van der Waals surface area contributed by atoms with Crippen molar-refractivity contribution in [1.82, 2.24) is 19.4 Å². The highest BCUT2D eigenvalue weighted by Gasteiger charge is 2.35. The molecule has 1 atom stereocenters. The van der Waals surface area contributed by atoms with Crippen LogP contribution in [0, 0.1) is 0 Å². The van der Waals surface area contributed by atoms with Crippen LogP contribution in [0.5, 0.6) is 0 Å². The number of pyridine rings is 1. The highest BCUT2D eigenvalue weighted by atomic mass is 35.5. The molecule has 0 unspecified atom stereocenters. The summed E-state index contributed by atoms with van der Waals surface area (Å²) in [6.07, 6.45) is 1.01. The third kappa shape index (κ3) is 4.60. The first-order valence-corrected chi connectivity index (χ1v) is 12.1. The second kappa shape index (κ2) is 9.17. The van der Waals surface area contributed by atoms with Gasteiger partial charge in [0.2, 0.25) is 5.95 Å². The van der Waals surface area contributed by atoms with E-state index in [-0.39, 0.29) is 47.6 Å². The fourth-order valence-electron chi connectivity index (χ4n) is 4.38. The number of halogens is 5. The fourth-order valence-corrected chi connectivity index (χ4v) is 4.93. The van der Waals surface area contributed by atoms with Crippen LogP contribution in [0.25, 0.3) is 16.6 Å². The van der Waals surface area contributed by atoms with Crippen molar-refractivity contribution in [2.45, 2.75) is 31.7 Å². The Morgan fingerprint density at radius 3 is 2.53 bits per heavy atom.